The van der Waals surface area contributed by atoms with E-state index in [9.17, 15) is 17.6 Å². The molecule has 0 saturated carbocycles. The summed E-state index contributed by atoms with van der Waals surface area (Å²) in [4.78, 5) is 17.1. The van der Waals surface area contributed by atoms with Crippen LogP contribution in [0.5, 0.6) is 0 Å². The Hall–Kier alpha value is -2.32. The minimum absolute atomic E-state index is 0.235. The van der Waals surface area contributed by atoms with Gasteiger partial charge in [0.25, 0.3) is 0 Å². The first kappa shape index (κ1) is 22.4. The first-order valence-electron chi connectivity index (χ1n) is 9.75. The van der Waals surface area contributed by atoms with Crippen LogP contribution in [0.3, 0.4) is 0 Å². The van der Waals surface area contributed by atoms with Gasteiger partial charge in [-0.15, -0.1) is 0 Å². The van der Waals surface area contributed by atoms with Crippen molar-refractivity contribution in [2.45, 2.75) is 19.4 Å². The average molecular weight is 454 g/mol. The van der Waals surface area contributed by atoms with Crippen molar-refractivity contribution in [3.63, 3.8) is 0 Å². The van der Waals surface area contributed by atoms with Crippen molar-refractivity contribution in [3.8, 4) is 0 Å². The molecule has 1 amide bonds. The molecule has 2 aromatic rings. The molecule has 1 aliphatic heterocycles. The van der Waals surface area contributed by atoms with Crippen LogP contribution in [0.2, 0.25) is 5.02 Å². The van der Waals surface area contributed by atoms with Gasteiger partial charge in [0.1, 0.15) is 11.9 Å². The lowest BCUT2D eigenvalue weighted by atomic mass is 10.1. The Morgan fingerprint density at radius 2 is 1.77 bits per heavy atom. The predicted octanol–water partition coefficient (Wildman–Crippen LogP) is 3.37. The van der Waals surface area contributed by atoms with Gasteiger partial charge in [0, 0.05) is 36.9 Å². The van der Waals surface area contributed by atoms with E-state index in [2.05, 4.69) is 4.90 Å². The van der Waals surface area contributed by atoms with E-state index in [4.69, 9.17) is 11.6 Å². The van der Waals surface area contributed by atoms with E-state index < -0.39 is 16.1 Å². The molecule has 1 saturated heterocycles. The Labute approximate surface area is 181 Å². The van der Waals surface area contributed by atoms with Crippen molar-refractivity contribution in [2.75, 3.05) is 41.6 Å². The molecule has 3 rings (SSSR count). The minimum atomic E-state index is -3.71. The molecule has 1 fully saturated rings. The molecule has 0 radical (unpaired) electrons. The molecular weight excluding hydrogens is 429 g/mol. The Morgan fingerprint density at radius 1 is 1.13 bits per heavy atom. The number of carbonyl (C=O) groups is 1. The van der Waals surface area contributed by atoms with Gasteiger partial charge < -0.3 is 9.80 Å². The molecule has 6 nitrogen and oxygen atoms in total. The van der Waals surface area contributed by atoms with Gasteiger partial charge in [-0.1, -0.05) is 24.6 Å². The summed E-state index contributed by atoms with van der Waals surface area (Å²) in [5.74, 6) is -0.526. The Morgan fingerprint density at radius 3 is 2.30 bits per heavy atom. The van der Waals surface area contributed by atoms with E-state index in [1.165, 1.54) is 12.1 Å². The van der Waals surface area contributed by atoms with Crippen LogP contribution in [-0.4, -0.2) is 57.7 Å². The van der Waals surface area contributed by atoms with E-state index in [0.29, 0.717) is 43.3 Å². The highest BCUT2D eigenvalue weighted by molar-refractivity contribution is 7.92. The second-order valence-electron chi connectivity index (χ2n) is 7.25. The molecule has 9 heteroatoms. The number of carbonyl (C=O) groups excluding carboxylic acids is 1. The molecule has 0 unspecified atom stereocenters. The van der Waals surface area contributed by atoms with Gasteiger partial charge in [0.2, 0.25) is 15.9 Å². The lowest BCUT2D eigenvalue weighted by Crippen LogP contribution is -2.56. The number of piperazine rings is 1. The van der Waals surface area contributed by atoms with Crippen molar-refractivity contribution < 1.29 is 17.6 Å². The molecule has 1 heterocycles. The summed E-state index contributed by atoms with van der Waals surface area (Å²) >= 11 is 6.05. The van der Waals surface area contributed by atoms with Crippen LogP contribution in [-0.2, 0) is 14.8 Å². The smallest absolute Gasteiger partial charge is 0.246 e. The van der Waals surface area contributed by atoms with Gasteiger partial charge in [-0.2, -0.15) is 0 Å². The normalized spacial score (nSPS) is 15.7. The standard InChI is InChI=1S/C21H25ClFN3O3S/c1-3-20(26(30(2,28)29)19-6-4-5-16(22)15-19)21(27)25-13-11-24(12-14-25)18-9-7-17(23)8-10-18/h4-10,15,20H,3,11-14H2,1-2H3/t20-/m1/s1. The number of hydrogen-bond donors (Lipinski definition) is 0. The lowest BCUT2D eigenvalue weighted by Gasteiger charge is -2.39. The number of halogens is 2. The quantitative estimate of drug-likeness (QED) is 0.672. The van der Waals surface area contributed by atoms with E-state index in [-0.39, 0.29) is 11.7 Å². The highest BCUT2D eigenvalue weighted by Crippen LogP contribution is 2.27. The van der Waals surface area contributed by atoms with E-state index in [1.807, 2.05) is 0 Å². The fourth-order valence-corrected chi connectivity index (χ4v) is 5.09. The van der Waals surface area contributed by atoms with Gasteiger partial charge in [0.15, 0.2) is 0 Å². The fourth-order valence-electron chi connectivity index (χ4n) is 3.70. The number of anilines is 2. The monoisotopic (exact) mass is 453 g/mol. The molecule has 162 valence electrons. The molecule has 0 aliphatic carbocycles. The molecule has 0 aromatic heterocycles. The fraction of sp³-hybridized carbons (Fsp3) is 0.381. The van der Waals surface area contributed by atoms with Gasteiger partial charge in [0.05, 0.1) is 11.9 Å². The second kappa shape index (κ2) is 9.22. The summed E-state index contributed by atoms with van der Waals surface area (Å²) in [6.07, 6.45) is 1.42. The molecule has 0 spiro atoms. The molecule has 1 aliphatic rings. The van der Waals surface area contributed by atoms with Gasteiger partial charge in [-0.05, 0) is 48.9 Å². The molecule has 1 atom stereocenters. The Bertz CT molecular complexity index is 993. The number of sulfonamides is 1. The summed E-state index contributed by atoms with van der Waals surface area (Å²) in [5.41, 5.74) is 1.27. The van der Waals surface area contributed by atoms with Gasteiger partial charge >= 0.3 is 0 Å². The molecular formula is C21H25ClFN3O3S. The number of amides is 1. The minimum Gasteiger partial charge on any atom is -0.368 e. The molecule has 30 heavy (non-hydrogen) atoms. The van der Waals surface area contributed by atoms with Crippen molar-refractivity contribution in [3.05, 3.63) is 59.4 Å². The van der Waals surface area contributed by atoms with Crippen LogP contribution >= 0.6 is 11.6 Å². The second-order valence-corrected chi connectivity index (χ2v) is 9.55. The van der Waals surface area contributed by atoms with Crippen molar-refractivity contribution in [1.29, 1.82) is 0 Å². The lowest BCUT2D eigenvalue weighted by molar-refractivity contribution is -0.132. The largest absolute Gasteiger partial charge is 0.368 e. The highest BCUT2D eigenvalue weighted by Gasteiger charge is 2.35. The summed E-state index contributed by atoms with van der Waals surface area (Å²) < 4.78 is 39.5. The maximum Gasteiger partial charge on any atom is 0.246 e. The number of benzene rings is 2. The maximum atomic E-state index is 13.3. The summed E-state index contributed by atoms with van der Waals surface area (Å²) in [5, 5.41) is 0.399. The third-order valence-corrected chi connectivity index (χ3v) is 6.57. The molecule has 0 N–H and O–H groups in total. The zero-order chi connectivity index (χ0) is 21.9. The van der Waals surface area contributed by atoms with Crippen molar-refractivity contribution in [2.24, 2.45) is 0 Å². The summed E-state index contributed by atoms with van der Waals surface area (Å²) in [6.45, 7) is 3.88. The average Bonchev–Trinajstić information content (AvgIpc) is 2.71. The van der Waals surface area contributed by atoms with Gasteiger partial charge in [-0.3, -0.25) is 9.10 Å². The SMILES string of the molecule is CC[C@H](C(=O)N1CCN(c2ccc(F)cc2)CC1)N(c1cccc(Cl)c1)S(C)(=O)=O. The number of nitrogens with zero attached hydrogens (tertiary/aromatic N) is 3. The first-order valence-corrected chi connectivity index (χ1v) is 12.0. The molecule has 0 bridgehead atoms. The number of rotatable bonds is 6. The van der Waals surface area contributed by atoms with Crippen LogP contribution in [0, 0.1) is 5.82 Å². The van der Waals surface area contributed by atoms with Gasteiger partial charge in [-0.25, -0.2) is 12.8 Å². The Balaban J connectivity index is 1.77. The maximum absolute atomic E-state index is 13.3. The third-order valence-electron chi connectivity index (χ3n) is 5.16. The topological polar surface area (TPSA) is 60.9 Å². The zero-order valence-electron chi connectivity index (χ0n) is 17.0. The predicted molar refractivity (Wildman–Crippen MR) is 118 cm³/mol. The number of hydrogen-bond acceptors (Lipinski definition) is 4. The van der Waals surface area contributed by atoms with Crippen molar-refractivity contribution >= 4 is 38.9 Å². The van der Waals surface area contributed by atoms with Crippen LogP contribution in [0.4, 0.5) is 15.8 Å². The Kier molecular flexibility index (Phi) is 6.88. The summed E-state index contributed by atoms with van der Waals surface area (Å²) in [6, 6.07) is 11.9. The van der Waals surface area contributed by atoms with Crippen molar-refractivity contribution in [1.82, 2.24) is 4.90 Å². The van der Waals surface area contributed by atoms with Crippen LogP contribution < -0.4 is 9.21 Å². The highest BCUT2D eigenvalue weighted by atomic mass is 35.5. The van der Waals surface area contributed by atoms with Crippen LogP contribution in [0.1, 0.15) is 13.3 Å². The van der Waals surface area contributed by atoms with E-state index in [1.54, 1.807) is 48.2 Å². The summed E-state index contributed by atoms with van der Waals surface area (Å²) in [7, 11) is -3.71. The third kappa shape index (κ3) is 5.05. The molecule has 2 aromatic carbocycles. The van der Waals surface area contributed by atoms with E-state index >= 15 is 0 Å². The van der Waals surface area contributed by atoms with Crippen LogP contribution in [0.15, 0.2) is 48.5 Å². The van der Waals surface area contributed by atoms with Crippen LogP contribution in [0.25, 0.3) is 0 Å². The zero-order valence-corrected chi connectivity index (χ0v) is 18.5. The van der Waals surface area contributed by atoms with E-state index in [0.717, 1.165) is 16.2 Å². The first-order chi connectivity index (χ1) is 14.2.